The van der Waals surface area contributed by atoms with Crippen LogP contribution in [-0.4, -0.2) is 87.3 Å². The maximum Gasteiger partial charge on any atom is 0.202 e. The number of ether oxygens (including phenoxy) is 3. The molecule has 2 aliphatic rings. The Morgan fingerprint density at radius 3 is 2.43 bits per heavy atom. The molecule has 5 unspecified atom stereocenters. The number of phenolic OH excluding ortho intramolecular Hbond substituents is 1. The van der Waals surface area contributed by atoms with Crippen molar-refractivity contribution in [3.8, 4) is 11.5 Å². The molecule has 160 valence electrons. The smallest absolute Gasteiger partial charge is 0.202 e. The molecule has 6 N–H and O–H groups in total. The summed E-state index contributed by atoms with van der Waals surface area (Å²) < 4.78 is 15.9. The standard InChI is InChI=1S/C13H18O5.C6H12O4/c1-8-2-3-11(16)12(4-8)18-13-6-9(15)5-10(7-14)17-13;7-2-6-5(9)1-4(8)3-10-6/h2-4,9-10,13-16H,5-7H2,1H3;4-9H,1-3H2/t;4?,5?,6-/m.1/s1. The van der Waals surface area contributed by atoms with Crippen LogP contribution in [0.1, 0.15) is 24.8 Å². The lowest BCUT2D eigenvalue weighted by molar-refractivity contribution is -0.185. The van der Waals surface area contributed by atoms with E-state index in [1.807, 2.05) is 6.92 Å². The second-order valence-corrected chi connectivity index (χ2v) is 7.10. The number of aryl methyl sites for hydroxylation is 1. The second kappa shape index (κ2) is 10.9. The molecule has 1 aromatic rings. The molecule has 1 aromatic carbocycles. The molecule has 0 aliphatic carbocycles. The monoisotopic (exact) mass is 402 g/mol. The largest absolute Gasteiger partial charge is 0.504 e. The van der Waals surface area contributed by atoms with Gasteiger partial charge in [-0.05, 0) is 24.6 Å². The van der Waals surface area contributed by atoms with Crippen molar-refractivity contribution in [1.82, 2.24) is 0 Å². The van der Waals surface area contributed by atoms with Crippen LogP contribution in [0.15, 0.2) is 18.2 Å². The van der Waals surface area contributed by atoms with Gasteiger partial charge >= 0.3 is 0 Å². The van der Waals surface area contributed by atoms with Gasteiger partial charge in [0, 0.05) is 19.3 Å². The minimum Gasteiger partial charge on any atom is -0.504 e. The molecular weight excluding hydrogens is 372 g/mol. The topological polar surface area (TPSA) is 149 Å². The molecule has 6 atom stereocenters. The van der Waals surface area contributed by atoms with E-state index >= 15 is 0 Å². The molecule has 9 heteroatoms. The molecular formula is C19H30O9. The normalized spacial score (nSPS) is 32.9. The fourth-order valence-electron chi connectivity index (χ4n) is 3.02. The Balaban J connectivity index is 0.000000237. The maximum atomic E-state index is 9.66. The molecule has 0 amide bonds. The molecule has 0 aromatic heterocycles. The average molecular weight is 402 g/mol. The zero-order valence-corrected chi connectivity index (χ0v) is 15.8. The molecule has 2 aliphatic heterocycles. The first-order chi connectivity index (χ1) is 13.3. The molecule has 2 heterocycles. The van der Waals surface area contributed by atoms with Gasteiger partial charge in [0.1, 0.15) is 6.10 Å². The fraction of sp³-hybridized carbons (Fsp3) is 0.684. The van der Waals surface area contributed by atoms with E-state index < -0.39 is 36.8 Å². The van der Waals surface area contributed by atoms with Crippen LogP contribution in [0.2, 0.25) is 0 Å². The Bertz CT molecular complexity index is 597. The summed E-state index contributed by atoms with van der Waals surface area (Å²) in [6.07, 6.45) is -2.45. The van der Waals surface area contributed by atoms with Crippen molar-refractivity contribution in [2.45, 2.75) is 63.0 Å². The van der Waals surface area contributed by atoms with Gasteiger partial charge in [0.05, 0.1) is 44.2 Å². The van der Waals surface area contributed by atoms with Gasteiger partial charge in [0.15, 0.2) is 11.5 Å². The molecule has 2 saturated heterocycles. The lowest BCUT2D eigenvalue weighted by Gasteiger charge is -2.32. The van der Waals surface area contributed by atoms with E-state index in [9.17, 15) is 10.2 Å². The highest BCUT2D eigenvalue weighted by atomic mass is 16.7. The number of hydrogen-bond acceptors (Lipinski definition) is 9. The fourth-order valence-corrected chi connectivity index (χ4v) is 3.02. The minimum atomic E-state index is -0.728. The Morgan fingerprint density at radius 2 is 1.79 bits per heavy atom. The van der Waals surface area contributed by atoms with Crippen LogP contribution in [0.25, 0.3) is 0 Å². The van der Waals surface area contributed by atoms with E-state index in [-0.39, 0.29) is 25.6 Å². The van der Waals surface area contributed by atoms with Gasteiger partial charge in [0.25, 0.3) is 0 Å². The van der Waals surface area contributed by atoms with E-state index in [4.69, 9.17) is 34.6 Å². The van der Waals surface area contributed by atoms with Crippen molar-refractivity contribution in [3.63, 3.8) is 0 Å². The number of phenols is 1. The highest BCUT2D eigenvalue weighted by Gasteiger charge is 2.30. The SMILES string of the molecule is Cc1ccc(O)c(OC2CC(O)CC(CO)O2)c1.OC[C@H]1OCC(O)CC1O. The molecule has 28 heavy (non-hydrogen) atoms. The van der Waals surface area contributed by atoms with Crippen molar-refractivity contribution in [2.75, 3.05) is 19.8 Å². The van der Waals surface area contributed by atoms with Gasteiger partial charge in [-0.3, -0.25) is 0 Å². The summed E-state index contributed by atoms with van der Waals surface area (Å²) in [5.74, 6) is 0.357. The lowest BCUT2D eigenvalue weighted by atomic mass is 10.0. The van der Waals surface area contributed by atoms with Gasteiger partial charge in [-0.2, -0.15) is 0 Å². The summed E-state index contributed by atoms with van der Waals surface area (Å²) >= 11 is 0. The van der Waals surface area contributed by atoms with E-state index in [0.29, 0.717) is 25.0 Å². The average Bonchev–Trinajstić information content (AvgIpc) is 2.65. The first kappa shape index (κ1) is 22.8. The van der Waals surface area contributed by atoms with E-state index in [1.54, 1.807) is 18.2 Å². The summed E-state index contributed by atoms with van der Waals surface area (Å²) in [5.41, 5.74) is 0.956. The number of rotatable bonds is 4. The highest BCUT2D eigenvalue weighted by molar-refractivity contribution is 5.41. The number of aliphatic hydroxyl groups is 5. The molecule has 9 nitrogen and oxygen atoms in total. The Morgan fingerprint density at radius 1 is 1.04 bits per heavy atom. The number of aromatic hydroxyl groups is 1. The zero-order valence-electron chi connectivity index (χ0n) is 15.8. The summed E-state index contributed by atoms with van der Waals surface area (Å²) in [4.78, 5) is 0. The van der Waals surface area contributed by atoms with Gasteiger partial charge in [0.2, 0.25) is 6.29 Å². The molecule has 0 spiro atoms. The first-order valence-electron chi connectivity index (χ1n) is 9.31. The number of aliphatic hydroxyl groups excluding tert-OH is 5. The predicted molar refractivity (Wildman–Crippen MR) is 97.9 cm³/mol. The Kier molecular flexibility index (Phi) is 8.90. The molecule has 3 rings (SSSR count). The van der Waals surface area contributed by atoms with E-state index in [2.05, 4.69) is 0 Å². The van der Waals surface area contributed by atoms with Gasteiger partial charge in [-0.25, -0.2) is 0 Å². The van der Waals surface area contributed by atoms with Crippen molar-refractivity contribution in [3.05, 3.63) is 23.8 Å². The summed E-state index contributed by atoms with van der Waals surface area (Å²) in [6, 6.07) is 5.02. The minimum absolute atomic E-state index is 0.0322. The quantitative estimate of drug-likeness (QED) is 0.389. The lowest BCUT2D eigenvalue weighted by Crippen LogP contribution is -2.42. The van der Waals surface area contributed by atoms with Crippen LogP contribution in [-0.2, 0) is 9.47 Å². The highest BCUT2D eigenvalue weighted by Crippen LogP contribution is 2.30. The molecule has 0 bridgehead atoms. The van der Waals surface area contributed by atoms with Crippen LogP contribution < -0.4 is 4.74 Å². The van der Waals surface area contributed by atoms with Crippen LogP contribution in [0.5, 0.6) is 11.5 Å². The van der Waals surface area contributed by atoms with Gasteiger partial charge in [-0.1, -0.05) is 6.07 Å². The molecule has 0 radical (unpaired) electrons. The van der Waals surface area contributed by atoms with Crippen LogP contribution in [0, 0.1) is 6.92 Å². The predicted octanol–water partition coefficient (Wildman–Crippen LogP) is -0.573. The van der Waals surface area contributed by atoms with Crippen LogP contribution in [0.4, 0.5) is 0 Å². The molecule has 0 saturated carbocycles. The third kappa shape index (κ3) is 6.85. The van der Waals surface area contributed by atoms with Crippen molar-refractivity contribution >= 4 is 0 Å². The summed E-state index contributed by atoms with van der Waals surface area (Å²) in [6.45, 7) is 1.76. The van der Waals surface area contributed by atoms with Crippen molar-refractivity contribution < 1.29 is 44.8 Å². The van der Waals surface area contributed by atoms with Crippen molar-refractivity contribution in [1.29, 1.82) is 0 Å². The number of benzene rings is 1. The maximum absolute atomic E-state index is 9.66. The summed E-state index contributed by atoms with van der Waals surface area (Å²) in [7, 11) is 0. The van der Waals surface area contributed by atoms with Crippen LogP contribution >= 0.6 is 0 Å². The molecule has 2 fully saturated rings. The Labute approximate surface area is 163 Å². The van der Waals surface area contributed by atoms with Gasteiger partial charge < -0.3 is 44.8 Å². The first-order valence-corrected chi connectivity index (χ1v) is 9.31. The summed E-state index contributed by atoms with van der Waals surface area (Å²) in [5, 5.41) is 55.0. The van der Waals surface area contributed by atoms with E-state index in [0.717, 1.165) is 5.56 Å². The van der Waals surface area contributed by atoms with Gasteiger partial charge in [-0.15, -0.1) is 0 Å². The van der Waals surface area contributed by atoms with Crippen molar-refractivity contribution in [2.24, 2.45) is 0 Å². The zero-order chi connectivity index (χ0) is 20.7. The van der Waals surface area contributed by atoms with Crippen LogP contribution in [0.3, 0.4) is 0 Å². The third-order valence-electron chi connectivity index (χ3n) is 4.55. The third-order valence-corrected chi connectivity index (χ3v) is 4.55. The second-order valence-electron chi connectivity index (χ2n) is 7.10. The Hall–Kier alpha value is -1.46. The number of hydrogen-bond donors (Lipinski definition) is 6. The van der Waals surface area contributed by atoms with E-state index in [1.165, 1.54) is 0 Å².